The van der Waals surface area contributed by atoms with Gasteiger partial charge in [-0.1, -0.05) is 32.0 Å². The summed E-state index contributed by atoms with van der Waals surface area (Å²) in [5.41, 5.74) is 1.10. The van der Waals surface area contributed by atoms with E-state index in [1.165, 1.54) is 0 Å². The topological polar surface area (TPSA) is 66.7 Å². The zero-order valence-corrected chi connectivity index (χ0v) is 18.1. The molecule has 1 aromatic carbocycles. The number of ether oxygens (including phenoxy) is 1. The van der Waals surface area contributed by atoms with E-state index in [1.807, 2.05) is 35.1 Å². The van der Waals surface area contributed by atoms with Gasteiger partial charge in [0.2, 0.25) is 0 Å². The molecule has 2 aromatic rings. The molecule has 0 amide bonds. The van der Waals surface area contributed by atoms with Gasteiger partial charge in [0.05, 0.1) is 6.54 Å². The molecule has 0 bridgehead atoms. The predicted molar refractivity (Wildman–Crippen MR) is 119 cm³/mol. The van der Waals surface area contributed by atoms with Gasteiger partial charge >= 0.3 is 0 Å². The van der Waals surface area contributed by atoms with Crippen molar-refractivity contribution < 1.29 is 4.74 Å². The lowest BCUT2D eigenvalue weighted by Gasteiger charge is -2.19. The Labute approximate surface area is 175 Å². The predicted octanol–water partition coefficient (Wildman–Crippen LogP) is 2.75. The minimum atomic E-state index is 0.579. The number of hydrogen-bond donors (Lipinski definition) is 2. The molecule has 0 aliphatic rings. The molecule has 29 heavy (non-hydrogen) atoms. The minimum absolute atomic E-state index is 0.579. The molecule has 0 aliphatic heterocycles. The van der Waals surface area contributed by atoms with Gasteiger partial charge in [-0.3, -0.25) is 4.68 Å². The summed E-state index contributed by atoms with van der Waals surface area (Å²) in [5, 5.41) is 10.9. The van der Waals surface area contributed by atoms with E-state index < -0.39 is 0 Å². The van der Waals surface area contributed by atoms with E-state index in [-0.39, 0.29) is 0 Å². The Morgan fingerprint density at radius 3 is 2.69 bits per heavy atom. The smallest absolute Gasteiger partial charge is 0.191 e. The number of likely N-dealkylation sites (N-methyl/N-ethyl adjacent to an activating group) is 1. The van der Waals surface area contributed by atoms with Crippen LogP contribution in [0.15, 0.2) is 47.7 Å². The molecule has 0 unspecified atom stereocenters. The van der Waals surface area contributed by atoms with E-state index in [2.05, 4.69) is 47.5 Å². The first-order valence-electron chi connectivity index (χ1n) is 10.7. The van der Waals surface area contributed by atoms with Crippen LogP contribution in [0.3, 0.4) is 0 Å². The number of nitrogens with one attached hydrogen (secondary N) is 2. The molecule has 0 radical (unpaired) electrons. The molecule has 2 N–H and O–H groups in total. The standard InChI is InChI=1S/C22H36N6O/c1-4-23-22(24-13-9-15-28-16-10-14-26-28)25-19-20-11-7-8-12-21(20)29-18-17-27(5-2)6-3/h7-8,10-12,14,16H,4-6,9,13,15,17-19H2,1-3H3,(H2,23,24,25). The van der Waals surface area contributed by atoms with Crippen LogP contribution < -0.4 is 15.4 Å². The van der Waals surface area contributed by atoms with Gasteiger partial charge in [0.25, 0.3) is 0 Å². The summed E-state index contributed by atoms with van der Waals surface area (Å²) in [4.78, 5) is 7.09. The zero-order chi connectivity index (χ0) is 20.7. The second-order valence-corrected chi connectivity index (χ2v) is 6.73. The average Bonchev–Trinajstić information content (AvgIpc) is 3.27. The van der Waals surface area contributed by atoms with Crippen molar-refractivity contribution in [2.45, 2.75) is 40.3 Å². The molecular weight excluding hydrogens is 364 g/mol. The van der Waals surface area contributed by atoms with Crippen molar-refractivity contribution in [3.63, 3.8) is 0 Å². The summed E-state index contributed by atoms with van der Waals surface area (Å²) >= 11 is 0. The van der Waals surface area contributed by atoms with Gasteiger partial charge in [0, 0.05) is 44.1 Å². The van der Waals surface area contributed by atoms with Gasteiger partial charge in [-0.25, -0.2) is 4.99 Å². The van der Waals surface area contributed by atoms with Gasteiger partial charge in [-0.05, 0) is 38.6 Å². The minimum Gasteiger partial charge on any atom is -0.492 e. The largest absolute Gasteiger partial charge is 0.492 e. The number of rotatable bonds is 13. The van der Waals surface area contributed by atoms with Crippen LogP contribution in [0.1, 0.15) is 32.8 Å². The van der Waals surface area contributed by atoms with Crippen molar-refractivity contribution in [1.82, 2.24) is 25.3 Å². The van der Waals surface area contributed by atoms with E-state index >= 15 is 0 Å². The molecule has 2 rings (SSSR count). The van der Waals surface area contributed by atoms with Crippen LogP contribution in [-0.4, -0.2) is 60.0 Å². The van der Waals surface area contributed by atoms with E-state index in [1.54, 1.807) is 6.20 Å². The van der Waals surface area contributed by atoms with E-state index in [0.29, 0.717) is 13.2 Å². The highest BCUT2D eigenvalue weighted by molar-refractivity contribution is 5.79. The van der Waals surface area contributed by atoms with Gasteiger partial charge in [0.15, 0.2) is 5.96 Å². The highest BCUT2D eigenvalue weighted by atomic mass is 16.5. The maximum absolute atomic E-state index is 6.04. The molecule has 0 atom stereocenters. The Balaban J connectivity index is 1.85. The normalized spacial score (nSPS) is 11.7. The van der Waals surface area contributed by atoms with Crippen LogP contribution in [0.4, 0.5) is 0 Å². The molecule has 0 saturated carbocycles. The third-order valence-corrected chi connectivity index (χ3v) is 4.70. The number of benzene rings is 1. The third-order valence-electron chi connectivity index (χ3n) is 4.70. The first kappa shape index (κ1) is 22.7. The van der Waals surface area contributed by atoms with Crippen molar-refractivity contribution >= 4 is 5.96 Å². The quantitative estimate of drug-likeness (QED) is 0.307. The molecule has 1 aromatic heterocycles. The monoisotopic (exact) mass is 400 g/mol. The van der Waals surface area contributed by atoms with E-state index in [9.17, 15) is 0 Å². The fourth-order valence-electron chi connectivity index (χ4n) is 2.99. The Morgan fingerprint density at radius 2 is 1.97 bits per heavy atom. The van der Waals surface area contributed by atoms with Crippen LogP contribution in [0.2, 0.25) is 0 Å². The molecule has 0 spiro atoms. The number of nitrogens with zero attached hydrogens (tertiary/aromatic N) is 4. The van der Waals surface area contributed by atoms with Crippen LogP contribution in [0.25, 0.3) is 0 Å². The Kier molecular flexibility index (Phi) is 10.7. The molecule has 160 valence electrons. The van der Waals surface area contributed by atoms with Crippen molar-refractivity contribution in [3.8, 4) is 5.75 Å². The molecule has 1 heterocycles. The number of aryl methyl sites for hydroxylation is 1. The number of para-hydroxylation sites is 1. The lowest BCUT2D eigenvalue weighted by molar-refractivity contribution is 0.221. The second-order valence-electron chi connectivity index (χ2n) is 6.73. The molecule has 7 heteroatoms. The first-order chi connectivity index (χ1) is 14.3. The summed E-state index contributed by atoms with van der Waals surface area (Å²) in [6.07, 6.45) is 4.77. The van der Waals surface area contributed by atoms with Crippen LogP contribution >= 0.6 is 0 Å². The van der Waals surface area contributed by atoms with Crippen LogP contribution in [0.5, 0.6) is 5.75 Å². The average molecular weight is 401 g/mol. The highest BCUT2D eigenvalue weighted by Crippen LogP contribution is 2.18. The second kappa shape index (κ2) is 13.6. The lowest BCUT2D eigenvalue weighted by Crippen LogP contribution is -2.38. The number of aromatic nitrogens is 2. The number of aliphatic imine (C=N–C) groups is 1. The Bertz CT molecular complexity index is 697. The molecular formula is C22H36N6O. The number of guanidine groups is 1. The first-order valence-corrected chi connectivity index (χ1v) is 10.7. The Morgan fingerprint density at radius 1 is 1.14 bits per heavy atom. The third kappa shape index (κ3) is 8.56. The Hall–Kier alpha value is -2.54. The summed E-state index contributed by atoms with van der Waals surface area (Å²) in [5.74, 6) is 1.74. The van der Waals surface area contributed by atoms with Crippen molar-refractivity contribution in [2.24, 2.45) is 4.99 Å². The molecule has 7 nitrogen and oxygen atoms in total. The van der Waals surface area contributed by atoms with Gasteiger partial charge in [0.1, 0.15) is 12.4 Å². The summed E-state index contributed by atoms with van der Waals surface area (Å²) in [6.45, 7) is 13.3. The van der Waals surface area contributed by atoms with E-state index in [4.69, 9.17) is 9.73 Å². The van der Waals surface area contributed by atoms with E-state index in [0.717, 1.165) is 63.0 Å². The van der Waals surface area contributed by atoms with Crippen LogP contribution in [0, 0.1) is 0 Å². The summed E-state index contributed by atoms with van der Waals surface area (Å²) in [7, 11) is 0. The molecule has 0 fully saturated rings. The molecule has 0 aliphatic carbocycles. The maximum atomic E-state index is 6.04. The van der Waals surface area contributed by atoms with Gasteiger partial charge in [-0.15, -0.1) is 0 Å². The summed E-state index contributed by atoms with van der Waals surface area (Å²) in [6, 6.07) is 10.1. The highest BCUT2D eigenvalue weighted by Gasteiger charge is 2.05. The van der Waals surface area contributed by atoms with Crippen molar-refractivity contribution in [1.29, 1.82) is 0 Å². The fourth-order valence-corrected chi connectivity index (χ4v) is 2.99. The fraction of sp³-hybridized carbons (Fsp3) is 0.545. The molecule has 0 saturated heterocycles. The lowest BCUT2D eigenvalue weighted by atomic mass is 10.2. The van der Waals surface area contributed by atoms with Gasteiger partial charge in [-0.2, -0.15) is 5.10 Å². The van der Waals surface area contributed by atoms with Crippen molar-refractivity contribution in [2.75, 3.05) is 39.3 Å². The van der Waals surface area contributed by atoms with Gasteiger partial charge < -0.3 is 20.3 Å². The van der Waals surface area contributed by atoms with Crippen LogP contribution in [-0.2, 0) is 13.1 Å². The zero-order valence-electron chi connectivity index (χ0n) is 18.1. The maximum Gasteiger partial charge on any atom is 0.191 e. The summed E-state index contributed by atoms with van der Waals surface area (Å²) < 4.78 is 7.98. The SMILES string of the molecule is CCNC(=NCc1ccccc1OCCN(CC)CC)NCCCn1cccn1. The number of hydrogen-bond acceptors (Lipinski definition) is 4. The van der Waals surface area contributed by atoms with Crippen molar-refractivity contribution in [3.05, 3.63) is 48.3 Å².